The molecule has 1 N–H and O–H groups in total. The zero-order chi connectivity index (χ0) is 10.4. The van der Waals surface area contributed by atoms with Gasteiger partial charge in [0.1, 0.15) is 12.2 Å². The molecule has 0 atom stereocenters. The summed E-state index contributed by atoms with van der Waals surface area (Å²) in [5.41, 5.74) is 0. The van der Waals surface area contributed by atoms with Crippen molar-refractivity contribution < 1.29 is 0 Å². The normalized spacial score (nSPS) is 11.1. The summed E-state index contributed by atoms with van der Waals surface area (Å²) in [5.74, 6) is 1.71. The van der Waals surface area contributed by atoms with E-state index in [4.69, 9.17) is 0 Å². The second kappa shape index (κ2) is 5.75. The first-order chi connectivity index (χ1) is 6.74. The van der Waals surface area contributed by atoms with Crippen LogP contribution in [0.15, 0.2) is 6.33 Å². The highest BCUT2D eigenvalue weighted by Gasteiger charge is 2.02. The van der Waals surface area contributed by atoms with Gasteiger partial charge in [-0.25, -0.2) is 9.67 Å². The standard InChI is InChI=1S/C10H20N4/c1-4-5-14-10(12-8-13-14)7-11-6-9(2)3/h8-9,11H,4-7H2,1-3H3. The lowest BCUT2D eigenvalue weighted by molar-refractivity contribution is 0.508. The fraction of sp³-hybridized carbons (Fsp3) is 0.800. The van der Waals surface area contributed by atoms with Crippen molar-refractivity contribution in [3.05, 3.63) is 12.2 Å². The predicted octanol–water partition coefficient (Wildman–Crippen LogP) is 1.43. The van der Waals surface area contributed by atoms with Crippen LogP contribution in [0, 0.1) is 5.92 Å². The number of nitrogens with one attached hydrogen (secondary N) is 1. The summed E-state index contributed by atoms with van der Waals surface area (Å²) in [5, 5.41) is 7.53. The maximum absolute atomic E-state index is 4.22. The molecule has 0 aromatic carbocycles. The summed E-state index contributed by atoms with van der Waals surface area (Å²) < 4.78 is 1.97. The molecule has 0 saturated carbocycles. The fourth-order valence-corrected chi connectivity index (χ4v) is 1.30. The first-order valence-corrected chi connectivity index (χ1v) is 5.31. The predicted molar refractivity (Wildman–Crippen MR) is 56.9 cm³/mol. The first kappa shape index (κ1) is 11.2. The molecule has 0 fully saturated rings. The minimum absolute atomic E-state index is 0.678. The van der Waals surface area contributed by atoms with Gasteiger partial charge in [0.05, 0.1) is 6.54 Å². The van der Waals surface area contributed by atoms with Gasteiger partial charge in [0.25, 0.3) is 0 Å². The van der Waals surface area contributed by atoms with E-state index in [1.807, 2.05) is 4.68 Å². The van der Waals surface area contributed by atoms with Gasteiger partial charge in [-0.2, -0.15) is 5.10 Å². The molecule has 80 valence electrons. The molecule has 0 aliphatic carbocycles. The van der Waals surface area contributed by atoms with Gasteiger partial charge in [0.15, 0.2) is 0 Å². The number of aromatic nitrogens is 3. The maximum Gasteiger partial charge on any atom is 0.140 e. The lowest BCUT2D eigenvalue weighted by Crippen LogP contribution is -2.21. The van der Waals surface area contributed by atoms with Gasteiger partial charge < -0.3 is 5.32 Å². The molecule has 0 bridgehead atoms. The van der Waals surface area contributed by atoms with Crippen molar-refractivity contribution in [1.82, 2.24) is 20.1 Å². The molecule has 0 unspecified atom stereocenters. The van der Waals surface area contributed by atoms with E-state index in [0.29, 0.717) is 5.92 Å². The molecule has 0 saturated heterocycles. The minimum Gasteiger partial charge on any atom is -0.310 e. The Bertz CT molecular complexity index is 254. The first-order valence-electron chi connectivity index (χ1n) is 5.31. The van der Waals surface area contributed by atoms with Crippen LogP contribution >= 0.6 is 0 Å². The van der Waals surface area contributed by atoms with E-state index in [1.54, 1.807) is 6.33 Å². The van der Waals surface area contributed by atoms with Crippen molar-refractivity contribution in [2.45, 2.75) is 40.3 Å². The number of nitrogens with zero attached hydrogens (tertiary/aromatic N) is 3. The van der Waals surface area contributed by atoms with Crippen LogP contribution in [0.3, 0.4) is 0 Å². The highest BCUT2D eigenvalue weighted by molar-refractivity contribution is 4.83. The molecule has 0 spiro atoms. The van der Waals surface area contributed by atoms with Crippen molar-refractivity contribution in [1.29, 1.82) is 0 Å². The second-order valence-electron chi connectivity index (χ2n) is 3.92. The van der Waals surface area contributed by atoms with E-state index in [2.05, 4.69) is 36.2 Å². The van der Waals surface area contributed by atoms with E-state index < -0.39 is 0 Å². The molecule has 1 rings (SSSR count). The van der Waals surface area contributed by atoms with E-state index >= 15 is 0 Å². The Balaban J connectivity index is 2.37. The van der Waals surface area contributed by atoms with Crippen LogP contribution in [0.5, 0.6) is 0 Å². The zero-order valence-corrected chi connectivity index (χ0v) is 9.32. The van der Waals surface area contributed by atoms with Gasteiger partial charge in [-0.1, -0.05) is 20.8 Å². The van der Waals surface area contributed by atoms with Gasteiger partial charge >= 0.3 is 0 Å². The van der Waals surface area contributed by atoms with Crippen LogP contribution in [-0.4, -0.2) is 21.3 Å². The van der Waals surface area contributed by atoms with Gasteiger partial charge in [0.2, 0.25) is 0 Å². The molecule has 14 heavy (non-hydrogen) atoms. The second-order valence-corrected chi connectivity index (χ2v) is 3.92. The monoisotopic (exact) mass is 196 g/mol. The topological polar surface area (TPSA) is 42.7 Å². The van der Waals surface area contributed by atoms with Crippen molar-refractivity contribution in [2.24, 2.45) is 5.92 Å². The van der Waals surface area contributed by atoms with Crippen molar-refractivity contribution in [3.8, 4) is 0 Å². The van der Waals surface area contributed by atoms with Crippen molar-refractivity contribution in [2.75, 3.05) is 6.54 Å². The Morgan fingerprint density at radius 3 is 2.93 bits per heavy atom. The molecule has 4 nitrogen and oxygen atoms in total. The average molecular weight is 196 g/mol. The van der Waals surface area contributed by atoms with Gasteiger partial charge in [-0.3, -0.25) is 0 Å². The number of aryl methyl sites for hydroxylation is 1. The highest BCUT2D eigenvalue weighted by atomic mass is 15.3. The Morgan fingerprint density at radius 1 is 1.50 bits per heavy atom. The number of hydrogen-bond donors (Lipinski definition) is 1. The molecule has 4 heteroatoms. The van der Waals surface area contributed by atoms with E-state index in [9.17, 15) is 0 Å². The molecule has 1 heterocycles. The Labute approximate surface area is 85.7 Å². The highest BCUT2D eigenvalue weighted by Crippen LogP contribution is 1.96. The summed E-state index contributed by atoms with van der Waals surface area (Å²) in [7, 11) is 0. The summed E-state index contributed by atoms with van der Waals surface area (Å²) >= 11 is 0. The SMILES string of the molecule is CCCn1ncnc1CNCC(C)C. The third-order valence-electron chi connectivity index (χ3n) is 1.97. The van der Waals surface area contributed by atoms with Crippen LogP contribution in [0.2, 0.25) is 0 Å². The summed E-state index contributed by atoms with van der Waals surface area (Å²) in [6, 6.07) is 0. The third kappa shape index (κ3) is 3.46. The lowest BCUT2D eigenvalue weighted by atomic mass is 10.2. The fourth-order valence-electron chi connectivity index (χ4n) is 1.30. The Kier molecular flexibility index (Phi) is 4.59. The summed E-state index contributed by atoms with van der Waals surface area (Å²) in [4.78, 5) is 4.22. The molecule has 1 aromatic heterocycles. The van der Waals surface area contributed by atoms with Crippen LogP contribution in [0.4, 0.5) is 0 Å². The van der Waals surface area contributed by atoms with Crippen LogP contribution in [-0.2, 0) is 13.1 Å². The van der Waals surface area contributed by atoms with Crippen LogP contribution < -0.4 is 5.32 Å². The van der Waals surface area contributed by atoms with Crippen molar-refractivity contribution in [3.63, 3.8) is 0 Å². The van der Waals surface area contributed by atoms with Crippen LogP contribution in [0.1, 0.15) is 33.0 Å². The smallest absolute Gasteiger partial charge is 0.140 e. The molecular weight excluding hydrogens is 176 g/mol. The van der Waals surface area contributed by atoms with E-state index in [-0.39, 0.29) is 0 Å². The van der Waals surface area contributed by atoms with Gasteiger partial charge in [-0.15, -0.1) is 0 Å². The average Bonchev–Trinajstić information content (AvgIpc) is 2.53. The summed E-state index contributed by atoms with van der Waals surface area (Å²) in [6.07, 6.45) is 2.72. The van der Waals surface area contributed by atoms with Crippen molar-refractivity contribution >= 4 is 0 Å². The van der Waals surface area contributed by atoms with Gasteiger partial charge in [-0.05, 0) is 18.9 Å². The quantitative estimate of drug-likeness (QED) is 0.748. The minimum atomic E-state index is 0.678. The van der Waals surface area contributed by atoms with Gasteiger partial charge in [0, 0.05) is 6.54 Å². The Morgan fingerprint density at radius 2 is 2.29 bits per heavy atom. The molecule has 1 aromatic rings. The number of rotatable bonds is 6. The number of hydrogen-bond acceptors (Lipinski definition) is 3. The molecule has 0 radical (unpaired) electrons. The van der Waals surface area contributed by atoms with Crippen LogP contribution in [0.25, 0.3) is 0 Å². The molecule has 0 aliphatic heterocycles. The maximum atomic E-state index is 4.22. The largest absolute Gasteiger partial charge is 0.310 e. The third-order valence-corrected chi connectivity index (χ3v) is 1.97. The molecule has 0 aliphatic rings. The van der Waals surface area contributed by atoms with E-state index in [0.717, 1.165) is 31.9 Å². The Hall–Kier alpha value is -0.900. The molecule has 0 amide bonds. The van der Waals surface area contributed by atoms with E-state index in [1.165, 1.54) is 0 Å². The molecular formula is C10H20N4. The lowest BCUT2D eigenvalue weighted by Gasteiger charge is -2.07. The zero-order valence-electron chi connectivity index (χ0n) is 9.32. The summed E-state index contributed by atoms with van der Waals surface area (Å²) in [6.45, 7) is 9.34.